The molecular formula is C27H41N7O5S2. The van der Waals surface area contributed by atoms with Gasteiger partial charge in [0.15, 0.2) is 11.6 Å². The zero-order valence-corrected chi connectivity index (χ0v) is 25.8. The Morgan fingerprint density at radius 3 is 2.54 bits per heavy atom. The molecule has 3 rings (SSSR count). The molecule has 2 aromatic rings. The highest BCUT2D eigenvalue weighted by Gasteiger charge is 2.30. The summed E-state index contributed by atoms with van der Waals surface area (Å²) >= 11 is 1.60. The predicted octanol–water partition coefficient (Wildman–Crippen LogP) is 1.56. The molecule has 41 heavy (non-hydrogen) atoms. The van der Waals surface area contributed by atoms with Gasteiger partial charge in [0, 0.05) is 38.0 Å². The second-order valence-electron chi connectivity index (χ2n) is 10.4. The number of hydrogen-bond acceptors (Lipinski definition) is 8. The van der Waals surface area contributed by atoms with E-state index in [4.69, 9.17) is 10.1 Å². The topological polar surface area (TPSA) is 155 Å². The van der Waals surface area contributed by atoms with Crippen molar-refractivity contribution in [2.75, 3.05) is 37.9 Å². The Morgan fingerprint density at radius 2 is 1.88 bits per heavy atom. The van der Waals surface area contributed by atoms with Gasteiger partial charge in [0.1, 0.15) is 6.04 Å². The van der Waals surface area contributed by atoms with Crippen molar-refractivity contribution in [2.45, 2.75) is 58.2 Å². The summed E-state index contributed by atoms with van der Waals surface area (Å²) < 4.78 is 27.0. The van der Waals surface area contributed by atoms with Crippen molar-refractivity contribution < 1.29 is 22.8 Å². The van der Waals surface area contributed by atoms with E-state index >= 15 is 0 Å². The Hall–Kier alpha value is -2.97. The molecule has 2 atom stereocenters. The summed E-state index contributed by atoms with van der Waals surface area (Å²) in [5.41, 5.74) is 0.823. The van der Waals surface area contributed by atoms with Crippen molar-refractivity contribution in [3.05, 3.63) is 36.2 Å². The summed E-state index contributed by atoms with van der Waals surface area (Å²) in [4.78, 5) is 45.8. The average Bonchev–Trinajstić information content (AvgIpc) is 3.34. The summed E-state index contributed by atoms with van der Waals surface area (Å²) in [6, 6.07) is 8.33. The minimum atomic E-state index is -3.42. The number of nitrogens with zero attached hydrogens (tertiary/aromatic N) is 4. The number of hydrogen-bond donors (Lipinski definition) is 3. The molecule has 0 fully saturated rings. The van der Waals surface area contributed by atoms with Gasteiger partial charge < -0.3 is 15.5 Å². The van der Waals surface area contributed by atoms with Gasteiger partial charge in [-0.25, -0.2) is 22.8 Å². The zero-order chi connectivity index (χ0) is 30.0. The highest BCUT2D eigenvalue weighted by molar-refractivity contribution is 7.98. The van der Waals surface area contributed by atoms with Crippen LogP contribution in [0.15, 0.2) is 30.3 Å². The fraction of sp³-hybridized carbons (Fsp3) is 0.593. The normalized spacial score (nSPS) is 19.3. The molecule has 0 aliphatic carbocycles. The van der Waals surface area contributed by atoms with E-state index in [0.29, 0.717) is 43.3 Å². The lowest BCUT2D eigenvalue weighted by Crippen LogP contribution is -2.49. The monoisotopic (exact) mass is 607 g/mol. The molecule has 14 heteroatoms. The van der Waals surface area contributed by atoms with Crippen molar-refractivity contribution in [3.63, 3.8) is 0 Å². The van der Waals surface area contributed by atoms with Gasteiger partial charge >= 0.3 is 0 Å². The third-order valence-electron chi connectivity index (χ3n) is 6.71. The lowest BCUT2D eigenvalue weighted by Gasteiger charge is -2.28. The number of thioether (sulfide) groups is 1. The Balaban J connectivity index is 1.97. The van der Waals surface area contributed by atoms with Gasteiger partial charge in [-0.3, -0.25) is 14.4 Å². The van der Waals surface area contributed by atoms with E-state index in [9.17, 15) is 22.8 Å². The highest BCUT2D eigenvalue weighted by Crippen LogP contribution is 2.24. The first-order valence-corrected chi connectivity index (χ1v) is 17.1. The Bertz CT molecular complexity index is 1280. The maximum absolute atomic E-state index is 13.5. The molecule has 3 N–H and O–H groups in total. The Morgan fingerprint density at radius 1 is 1.15 bits per heavy atom. The number of rotatable bonds is 9. The van der Waals surface area contributed by atoms with Crippen LogP contribution in [0.5, 0.6) is 0 Å². The number of fused-ring (bicyclic) bond motifs is 1. The van der Waals surface area contributed by atoms with Crippen LogP contribution in [0.2, 0.25) is 0 Å². The summed E-state index contributed by atoms with van der Waals surface area (Å²) in [7, 11) is -3.42. The molecule has 3 amide bonds. The van der Waals surface area contributed by atoms with E-state index < -0.39 is 22.1 Å². The molecule has 226 valence electrons. The molecular weight excluding hydrogens is 566 g/mol. The Kier molecular flexibility index (Phi) is 12.2. The van der Waals surface area contributed by atoms with Gasteiger partial charge in [0.05, 0.1) is 18.8 Å². The van der Waals surface area contributed by atoms with E-state index in [1.165, 1.54) is 0 Å². The van der Waals surface area contributed by atoms with Gasteiger partial charge in [-0.05, 0) is 30.8 Å². The molecule has 0 unspecified atom stereocenters. The third-order valence-corrected chi connectivity index (χ3v) is 8.08. The molecule has 1 aliphatic heterocycles. The van der Waals surface area contributed by atoms with E-state index in [1.54, 1.807) is 21.3 Å². The van der Waals surface area contributed by atoms with Crippen molar-refractivity contribution in [1.82, 2.24) is 35.0 Å². The Labute approximate surface area is 246 Å². The van der Waals surface area contributed by atoms with Crippen LogP contribution in [-0.4, -0.2) is 89.7 Å². The van der Waals surface area contributed by atoms with Gasteiger partial charge in [-0.1, -0.05) is 44.2 Å². The predicted molar refractivity (Wildman–Crippen MR) is 159 cm³/mol. The second-order valence-corrected chi connectivity index (χ2v) is 13.2. The summed E-state index contributed by atoms with van der Waals surface area (Å²) in [5.74, 6) is 0.959. The molecule has 1 aromatic carbocycles. The highest BCUT2D eigenvalue weighted by atomic mass is 32.2. The maximum Gasteiger partial charge on any atom is 0.243 e. The molecule has 0 radical (unpaired) electrons. The average molecular weight is 608 g/mol. The van der Waals surface area contributed by atoms with Crippen LogP contribution < -0.4 is 15.4 Å². The van der Waals surface area contributed by atoms with Gasteiger partial charge in [0.25, 0.3) is 0 Å². The van der Waals surface area contributed by atoms with Crippen LogP contribution in [0.3, 0.4) is 0 Å². The fourth-order valence-corrected chi connectivity index (χ4v) is 5.47. The van der Waals surface area contributed by atoms with Crippen LogP contribution in [0.25, 0.3) is 11.4 Å². The summed E-state index contributed by atoms with van der Waals surface area (Å²) in [5, 5.41) is 10.8. The minimum Gasteiger partial charge on any atom is -0.344 e. The lowest BCUT2D eigenvalue weighted by atomic mass is 10.0. The summed E-state index contributed by atoms with van der Waals surface area (Å²) in [6.07, 6.45) is 4.00. The first kappa shape index (κ1) is 32.5. The standard InChI is InChI=1S/C27H41N7O5S2/c1-19(2)24-26-31-25(20-9-6-5-7-10-20)32-34(26)17-16-33(23(36)12-14-28-41(4,38)39)15-8-11-22(35)29-21(13-18-40-3)27(37)30-24/h5-7,9-10,19,21,24,28H,8,11-18H2,1-4H3,(H,29,35)(H,30,37)/t21-,24+/m0/s1. The number of carbonyl (C=O) groups excluding carboxylic acids is 3. The van der Waals surface area contributed by atoms with Crippen molar-refractivity contribution in [1.29, 1.82) is 0 Å². The molecule has 0 saturated heterocycles. The smallest absolute Gasteiger partial charge is 0.243 e. The van der Waals surface area contributed by atoms with Crippen LogP contribution in [0.4, 0.5) is 0 Å². The lowest BCUT2D eigenvalue weighted by molar-refractivity contribution is -0.132. The molecule has 2 heterocycles. The molecule has 0 bridgehead atoms. The second kappa shape index (κ2) is 15.3. The van der Waals surface area contributed by atoms with E-state index in [1.807, 2.05) is 50.4 Å². The van der Waals surface area contributed by atoms with Gasteiger partial charge in [-0.15, -0.1) is 0 Å². The van der Waals surface area contributed by atoms with E-state index in [-0.39, 0.29) is 49.6 Å². The van der Waals surface area contributed by atoms with Crippen LogP contribution in [0, 0.1) is 5.92 Å². The first-order chi connectivity index (χ1) is 19.5. The van der Waals surface area contributed by atoms with Crippen molar-refractivity contribution in [3.8, 4) is 11.4 Å². The number of aromatic nitrogens is 3. The van der Waals surface area contributed by atoms with Gasteiger partial charge in [-0.2, -0.15) is 16.9 Å². The van der Waals surface area contributed by atoms with Crippen LogP contribution in [0.1, 0.15) is 51.4 Å². The zero-order valence-electron chi connectivity index (χ0n) is 24.1. The van der Waals surface area contributed by atoms with Gasteiger partial charge in [0.2, 0.25) is 27.7 Å². The number of sulfonamides is 1. The molecule has 12 nitrogen and oxygen atoms in total. The number of carbonyl (C=O) groups is 3. The van der Waals surface area contributed by atoms with Crippen molar-refractivity contribution in [2.24, 2.45) is 5.92 Å². The SMILES string of the molecule is CSCC[C@@H]1NC(=O)CCCN(C(=O)CCNS(C)(=O)=O)CCn2nc(-c3ccccc3)nc2[C@@H](C(C)C)NC1=O. The van der Waals surface area contributed by atoms with Crippen molar-refractivity contribution >= 4 is 39.5 Å². The molecule has 0 spiro atoms. The number of benzene rings is 1. The molecule has 1 aliphatic rings. The third kappa shape index (κ3) is 10.1. The van der Waals surface area contributed by atoms with E-state index in [0.717, 1.165) is 11.8 Å². The fourth-order valence-electron chi connectivity index (χ4n) is 4.52. The first-order valence-electron chi connectivity index (χ1n) is 13.8. The maximum atomic E-state index is 13.5. The van der Waals surface area contributed by atoms with E-state index in [2.05, 4.69) is 15.4 Å². The largest absolute Gasteiger partial charge is 0.344 e. The molecule has 0 saturated carbocycles. The quantitative estimate of drug-likeness (QED) is 0.388. The molecule has 1 aromatic heterocycles. The van der Waals surface area contributed by atoms with Crippen LogP contribution >= 0.6 is 11.8 Å². The van der Waals surface area contributed by atoms with Crippen LogP contribution in [-0.2, 0) is 31.0 Å². The number of amides is 3. The number of nitrogens with one attached hydrogen (secondary N) is 3. The minimum absolute atomic E-state index is 0.0137. The summed E-state index contributed by atoms with van der Waals surface area (Å²) in [6.45, 7) is 4.83.